The quantitative estimate of drug-likeness (QED) is 0.795. The van der Waals surface area contributed by atoms with Gasteiger partial charge in [-0.15, -0.1) is 0 Å². The van der Waals surface area contributed by atoms with E-state index in [2.05, 4.69) is 10.3 Å². The molecule has 0 spiro atoms. The molecule has 1 heterocycles. The van der Waals surface area contributed by atoms with Crippen LogP contribution in [0.5, 0.6) is 0 Å². The molecule has 0 aliphatic rings. The van der Waals surface area contributed by atoms with Gasteiger partial charge in [-0.05, 0) is 11.6 Å². The number of aliphatic hydroxyl groups is 1. The second-order valence-electron chi connectivity index (χ2n) is 3.67. The monoisotopic (exact) mass is 232 g/mol. The summed E-state index contributed by atoms with van der Waals surface area (Å²) in [6.45, 7) is 0.327. The number of aromatic nitrogens is 1. The summed E-state index contributed by atoms with van der Waals surface area (Å²) in [5.74, 6) is -0.538. The van der Waals surface area contributed by atoms with Crippen molar-refractivity contribution in [1.29, 1.82) is 0 Å². The van der Waals surface area contributed by atoms with Crippen LogP contribution in [-0.2, 0) is 0 Å². The Kier molecular flexibility index (Phi) is 3.67. The number of hydrogen-bond donors (Lipinski definition) is 2. The Morgan fingerprint density at radius 2 is 2.00 bits per heavy atom. The lowest BCUT2D eigenvalue weighted by Gasteiger charge is -2.12. The lowest BCUT2D eigenvalue weighted by molar-refractivity contribution is 0.191. The summed E-state index contributed by atoms with van der Waals surface area (Å²) in [6, 6.07) is 12.3. The van der Waals surface area contributed by atoms with Crippen molar-refractivity contribution in [2.45, 2.75) is 6.10 Å². The van der Waals surface area contributed by atoms with Crippen LogP contribution in [0.4, 0.5) is 10.1 Å². The first kappa shape index (κ1) is 11.5. The standard InChI is InChI=1S/C13H13FN2O/c14-13-8-11(6-7-15-13)16-9-12(17)10-4-2-1-3-5-10/h1-8,12,17H,9H2,(H,15,16). The normalized spacial score (nSPS) is 12.1. The Morgan fingerprint density at radius 3 is 2.71 bits per heavy atom. The van der Waals surface area contributed by atoms with E-state index in [0.29, 0.717) is 12.2 Å². The van der Waals surface area contributed by atoms with E-state index in [1.54, 1.807) is 6.07 Å². The zero-order chi connectivity index (χ0) is 12.1. The van der Waals surface area contributed by atoms with Crippen molar-refractivity contribution in [1.82, 2.24) is 4.98 Å². The van der Waals surface area contributed by atoms with Crippen LogP contribution in [0.15, 0.2) is 48.7 Å². The number of nitrogens with one attached hydrogen (secondary N) is 1. The van der Waals surface area contributed by atoms with Crippen molar-refractivity contribution in [2.24, 2.45) is 0 Å². The number of anilines is 1. The van der Waals surface area contributed by atoms with Crippen LogP contribution in [-0.4, -0.2) is 16.6 Å². The largest absolute Gasteiger partial charge is 0.387 e. The first-order chi connectivity index (χ1) is 8.25. The fourth-order valence-corrected chi connectivity index (χ4v) is 1.52. The number of benzene rings is 1. The van der Waals surface area contributed by atoms with Crippen molar-refractivity contribution in [3.63, 3.8) is 0 Å². The molecule has 88 valence electrons. The molecule has 0 radical (unpaired) electrons. The Bertz CT molecular complexity index is 476. The third kappa shape index (κ3) is 3.26. The minimum absolute atomic E-state index is 0.327. The van der Waals surface area contributed by atoms with E-state index in [-0.39, 0.29) is 0 Å². The highest BCUT2D eigenvalue weighted by molar-refractivity contribution is 5.41. The maximum absolute atomic E-state index is 12.8. The maximum Gasteiger partial charge on any atom is 0.214 e. The molecule has 0 saturated carbocycles. The van der Waals surface area contributed by atoms with Crippen molar-refractivity contribution in [3.8, 4) is 0 Å². The third-order valence-corrected chi connectivity index (χ3v) is 2.41. The van der Waals surface area contributed by atoms with Gasteiger partial charge in [-0.2, -0.15) is 4.39 Å². The van der Waals surface area contributed by atoms with Gasteiger partial charge < -0.3 is 10.4 Å². The first-order valence-electron chi connectivity index (χ1n) is 5.34. The highest BCUT2D eigenvalue weighted by atomic mass is 19.1. The Hall–Kier alpha value is -1.94. The maximum atomic E-state index is 12.8. The van der Waals surface area contributed by atoms with Gasteiger partial charge in [0.05, 0.1) is 6.10 Å². The summed E-state index contributed by atoms with van der Waals surface area (Å²) >= 11 is 0. The van der Waals surface area contributed by atoms with E-state index in [1.165, 1.54) is 12.3 Å². The topological polar surface area (TPSA) is 45.1 Å². The molecule has 0 saturated heterocycles. The molecule has 4 heteroatoms. The molecule has 2 rings (SSSR count). The van der Waals surface area contributed by atoms with Crippen molar-refractivity contribution in [3.05, 3.63) is 60.2 Å². The summed E-state index contributed by atoms with van der Waals surface area (Å²) in [5, 5.41) is 12.8. The predicted molar refractivity (Wildman–Crippen MR) is 64.1 cm³/mol. The zero-order valence-corrected chi connectivity index (χ0v) is 9.18. The third-order valence-electron chi connectivity index (χ3n) is 2.41. The van der Waals surface area contributed by atoms with Gasteiger partial charge in [-0.3, -0.25) is 0 Å². The molecule has 2 N–H and O–H groups in total. The molecular weight excluding hydrogens is 219 g/mol. The second-order valence-corrected chi connectivity index (χ2v) is 3.67. The number of pyridine rings is 1. The van der Waals surface area contributed by atoms with Crippen LogP contribution in [0.25, 0.3) is 0 Å². The Morgan fingerprint density at radius 1 is 1.24 bits per heavy atom. The van der Waals surface area contributed by atoms with Crippen molar-refractivity contribution in [2.75, 3.05) is 11.9 Å². The van der Waals surface area contributed by atoms with E-state index in [9.17, 15) is 9.50 Å². The smallest absolute Gasteiger partial charge is 0.214 e. The van der Waals surface area contributed by atoms with Crippen LogP contribution in [0.2, 0.25) is 0 Å². The number of hydrogen-bond acceptors (Lipinski definition) is 3. The summed E-state index contributed by atoms with van der Waals surface area (Å²) in [6.07, 6.45) is 0.763. The molecule has 17 heavy (non-hydrogen) atoms. The predicted octanol–water partition coefficient (Wildman–Crippen LogP) is 2.37. The average Bonchev–Trinajstić information content (AvgIpc) is 2.37. The molecular formula is C13H13FN2O. The summed E-state index contributed by atoms with van der Waals surface area (Å²) < 4.78 is 12.8. The SMILES string of the molecule is OC(CNc1ccnc(F)c1)c1ccccc1. The molecule has 0 amide bonds. The van der Waals surface area contributed by atoms with Crippen LogP contribution in [0.3, 0.4) is 0 Å². The molecule has 0 bridgehead atoms. The van der Waals surface area contributed by atoms with Gasteiger partial charge in [-0.1, -0.05) is 30.3 Å². The Balaban J connectivity index is 1.95. The summed E-state index contributed by atoms with van der Waals surface area (Å²) in [4.78, 5) is 3.46. The second kappa shape index (κ2) is 5.41. The molecule has 1 unspecified atom stereocenters. The van der Waals surface area contributed by atoms with Gasteiger partial charge in [0.15, 0.2) is 0 Å². The van der Waals surface area contributed by atoms with Gasteiger partial charge in [0.2, 0.25) is 5.95 Å². The van der Waals surface area contributed by atoms with Crippen LogP contribution in [0.1, 0.15) is 11.7 Å². The number of nitrogens with zero attached hydrogens (tertiary/aromatic N) is 1. The average molecular weight is 232 g/mol. The van der Waals surface area contributed by atoms with Gasteiger partial charge in [0.25, 0.3) is 0 Å². The molecule has 2 aromatic rings. The van der Waals surface area contributed by atoms with E-state index in [4.69, 9.17) is 0 Å². The lowest BCUT2D eigenvalue weighted by Crippen LogP contribution is -2.12. The minimum Gasteiger partial charge on any atom is -0.387 e. The number of halogens is 1. The lowest BCUT2D eigenvalue weighted by atomic mass is 10.1. The van der Waals surface area contributed by atoms with Crippen molar-refractivity contribution < 1.29 is 9.50 Å². The van der Waals surface area contributed by atoms with E-state index in [1.807, 2.05) is 30.3 Å². The van der Waals surface area contributed by atoms with Crippen LogP contribution in [0, 0.1) is 5.95 Å². The molecule has 3 nitrogen and oxygen atoms in total. The van der Waals surface area contributed by atoms with Gasteiger partial charge in [-0.25, -0.2) is 4.98 Å². The highest BCUT2D eigenvalue weighted by Crippen LogP contribution is 2.14. The summed E-state index contributed by atoms with van der Waals surface area (Å²) in [7, 11) is 0. The van der Waals surface area contributed by atoms with Crippen molar-refractivity contribution >= 4 is 5.69 Å². The van der Waals surface area contributed by atoms with E-state index < -0.39 is 12.1 Å². The highest BCUT2D eigenvalue weighted by Gasteiger charge is 2.06. The molecule has 0 fully saturated rings. The fourth-order valence-electron chi connectivity index (χ4n) is 1.52. The molecule has 0 aliphatic heterocycles. The number of rotatable bonds is 4. The van der Waals surface area contributed by atoms with E-state index >= 15 is 0 Å². The summed E-state index contributed by atoms with van der Waals surface area (Å²) in [5.41, 5.74) is 1.43. The zero-order valence-electron chi connectivity index (χ0n) is 9.18. The van der Waals surface area contributed by atoms with Gasteiger partial charge >= 0.3 is 0 Å². The fraction of sp³-hybridized carbons (Fsp3) is 0.154. The molecule has 1 aromatic carbocycles. The van der Waals surface area contributed by atoms with Gasteiger partial charge in [0, 0.05) is 24.5 Å². The molecule has 1 aromatic heterocycles. The number of aliphatic hydroxyl groups excluding tert-OH is 1. The van der Waals surface area contributed by atoms with Gasteiger partial charge in [0.1, 0.15) is 0 Å². The van der Waals surface area contributed by atoms with Crippen LogP contribution < -0.4 is 5.32 Å². The molecule has 1 atom stereocenters. The van der Waals surface area contributed by atoms with Crippen LogP contribution >= 0.6 is 0 Å². The Labute approximate surface area is 98.9 Å². The molecule has 0 aliphatic carbocycles. The van der Waals surface area contributed by atoms with E-state index in [0.717, 1.165) is 5.56 Å². The first-order valence-corrected chi connectivity index (χ1v) is 5.34. The minimum atomic E-state index is -0.618.